The Morgan fingerprint density at radius 2 is 2.31 bits per heavy atom. The third kappa shape index (κ3) is 3.61. The topological polar surface area (TPSA) is 15.3 Å². The Morgan fingerprint density at radius 3 is 2.77 bits per heavy atom. The number of rotatable bonds is 5. The van der Waals surface area contributed by atoms with Crippen LogP contribution in [0.25, 0.3) is 0 Å². The molecule has 78 valence electrons. The summed E-state index contributed by atoms with van der Waals surface area (Å²) in [6, 6.07) is 1.05. The highest BCUT2D eigenvalue weighted by molar-refractivity contribution is 4.79. The van der Waals surface area contributed by atoms with E-state index in [4.69, 9.17) is 0 Å². The minimum absolute atomic E-state index is 0.231. The fourth-order valence-electron chi connectivity index (χ4n) is 1.86. The molecule has 1 atom stereocenters. The molecule has 1 N–H and O–H groups in total. The zero-order valence-electron chi connectivity index (χ0n) is 8.72. The van der Waals surface area contributed by atoms with Gasteiger partial charge < -0.3 is 5.32 Å². The molecule has 1 saturated heterocycles. The maximum atomic E-state index is 12.2. The van der Waals surface area contributed by atoms with Crippen LogP contribution in [-0.4, -0.2) is 43.3 Å². The molecular formula is C10H21FN2. The molecule has 0 aromatic rings. The molecule has 1 aliphatic heterocycles. The van der Waals surface area contributed by atoms with Crippen molar-refractivity contribution in [1.29, 1.82) is 0 Å². The van der Waals surface area contributed by atoms with Crippen molar-refractivity contribution in [1.82, 2.24) is 10.2 Å². The molecule has 0 saturated carbocycles. The maximum absolute atomic E-state index is 12.2. The normalized spacial score (nSPS) is 23.3. The van der Waals surface area contributed by atoms with Gasteiger partial charge >= 0.3 is 0 Å². The summed E-state index contributed by atoms with van der Waals surface area (Å²) in [6.45, 7) is 6.74. The number of alkyl halides is 1. The van der Waals surface area contributed by atoms with Gasteiger partial charge in [0.05, 0.1) is 0 Å². The summed E-state index contributed by atoms with van der Waals surface area (Å²) in [6.07, 6.45) is 2.52. The van der Waals surface area contributed by atoms with Crippen LogP contribution >= 0.6 is 0 Å². The Bertz CT molecular complexity index is 133. The van der Waals surface area contributed by atoms with Crippen molar-refractivity contribution in [3.05, 3.63) is 0 Å². The summed E-state index contributed by atoms with van der Waals surface area (Å²) in [7, 11) is 0. The number of halogens is 1. The van der Waals surface area contributed by atoms with Crippen LogP contribution in [0.1, 0.15) is 26.7 Å². The highest BCUT2D eigenvalue weighted by atomic mass is 19.1. The SMILES string of the molecule is CC(C)N(CCF)CC1CCCN1. The predicted octanol–water partition coefficient (Wildman–Crippen LogP) is 1.42. The van der Waals surface area contributed by atoms with Gasteiger partial charge in [-0.15, -0.1) is 0 Å². The zero-order chi connectivity index (χ0) is 9.68. The first-order chi connectivity index (χ1) is 6.24. The molecule has 0 amide bonds. The quantitative estimate of drug-likeness (QED) is 0.702. The van der Waals surface area contributed by atoms with Crippen LogP contribution in [0, 0.1) is 0 Å². The van der Waals surface area contributed by atoms with E-state index < -0.39 is 0 Å². The Balaban J connectivity index is 2.27. The van der Waals surface area contributed by atoms with E-state index in [0.717, 1.165) is 13.1 Å². The van der Waals surface area contributed by atoms with Crippen molar-refractivity contribution in [2.45, 2.75) is 38.8 Å². The van der Waals surface area contributed by atoms with Gasteiger partial charge in [0.15, 0.2) is 0 Å². The molecule has 1 heterocycles. The lowest BCUT2D eigenvalue weighted by molar-refractivity contribution is 0.187. The van der Waals surface area contributed by atoms with Crippen molar-refractivity contribution >= 4 is 0 Å². The molecule has 0 spiro atoms. The summed E-state index contributed by atoms with van der Waals surface area (Å²) in [5, 5.41) is 3.44. The van der Waals surface area contributed by atoms with Crippen LogP contribution < -0.4 is 5.32 Å². The first-order valence-corrected chi connectivity index (χ1v) is 5.27. The number of hydrogen-bond acceptors (Lipinski definition) is 2. The van der Waals surface area contributed by atoms with Crippen LogP contribution in [0.3, 0.4) is 0 Å². The third-order valence-electron chi connectivity index (χ3n) is 2.72. The van der Waals surface area contributed by atoms with Crippen LogP contribution in [0.4, 0.5) is 4.39 Å². The van der Waals surface area contributed by atoms with Crippen molar-refractivity contribution in [2.75, 3.05) is 26.3 Å². The molecule has 0 radical (unpaired) electrons. The van der Waals surface area contributed by atoms with Crippen molar-refractivity contribution in [3.63, 3.8) is 0 Å². The molecule has 0 aromatic carbocycles. The lowest BCUT2D eigenvalue weighted by atomic mass is 10.2. The standard InChI is InChI=1S/C10H21FN2/c1-9(2)13(7-5-11)8-10-4-3-6-12-10/h9-10,12H,3-8H2,1-2H3. The highest BCUT2D eigenvalue weighted by Gasteiger charge is 2.18. The second kappa shape index (κ2) is 5.55. The van der Waals surface area contributed by atoms with Crippen LogP contribution in [0.15, 0.2) is 0 Å². The first-order valence-electron chi connectivity index (χ1n) is 5.27. The third-order valence-corrected chi connectivity index (χ3v) is 2.72. The monoisotopic (exact) mass is 188 g/mol. The van der Waals surface area contributed by atoms with Crippen LogP contribution in [0.5, 0.6) is 0 Å². The maximum Gasteiger partial charge on any atom is 0.102 e. The smallest absolute Gasteiger partial charge is 0.102 e. The zero-order valence-corrected chi connectivity index (χ0v) is 8.72. The molecule has 1 fully saturated rings. The second-order valence-electron chi connectivity index (χ2n) is 4.07. The summed E-state index contributed by atoms with van der Waals surface area (Å²) in [4.78, 5) is 2.21. The number of nitrogens with zero attached hydrogens (tertiary/aromatic N) is 1. The molecular weight excluding hydrogens is 167 g/mol. The molecule has 0 aromatic heterocycles. The van der Waals surface area contributed by atoms with Gasteiger partial charge in [0.2, 0.25) is 0 Å². The molecule has 0 bridgehead atoms. The Hall–Kier alpha value is -0.150. The Morgan fingerprint density at radius 1 is 1.54 bits per heavy atom. The Kier molecular flexibility index (Phi) is 4.67. The fourth-order valence-corrected chi connectivity index (χ4v) is 1.86. The Labute approximate surface area is 80.5 Å². The molecule has 1 aliphatic rings. The first kappa shape index (κ1) is 10.9. The van der Waals surface area contributed by atoms with E-state index in [1.54, 1.807) is 0 Å². The van der Waals surface area contributed by atoms with Gasteiger partial charge in [-0.3, -0.25) is 4.90 Å². The average molecular weight is 188 g/mol. The van der Waals surface area contributed by atoms with E-state index >= 15 is 0 Å². The highest BCUT2D eigenvalue weighted by Crippen LogP contribution is 2.08. The van der Waals surface area contributed by atoms with Crippen LogP contribution in [-0.2, 0) is 0 Å². The van der Waals surface area contributed by atoms with Gasteiger partial charge in [0, 0.05) is 25.2 Å². The lowest BCUT2D eigenvalue weighted by Gasteiger charge is -2.28. The minimum Gasteiger partial charge on any atom is -0.313 e. The number of hydrogen-bond donors (Lipinski definition) is 1. The summed E-state index contributed by atoms with van der Waals surface area (Å²) in [5.41, 5.74) is 0. The van der Waals surface area contributed by atoms with E-state index in [-0.39, 0.29) is 6.67 Å². The fraction of sp³-hybridized carbons (Fsp3) is 1.00. The summed E-state index contributed by atoms with van der Waals surface area (Å²) in [5.74, 6) is 0. The number of nitrogens with one attached hydrogen (secondary N) is 1. The molecule has 3 heteroatoms. The van der Waals surface area contributed by atoms with Gasteiger partial charge in [-0.05, 0) is 33.2 Å². The average Bonchev–Trinajstić information content (AvgIpc) is 2.56. The van der Waals surface area contributed by atoms with E-state index in [0.29, 0.717) is 18.6 Å². The molecule has 13 heavy (non-hydrogen) atoms. The molecule has 2 nitrogen and oxygen atoms in total. The van der Waals surface area contributed by atoms with E-state index in [9.17, 15) is 4.39 Å². The van der Waals surface area contributed by atoms with E-state index in [1.807, 2.05) is 0 Å². The second-order valence-corrected chi connectivity index (χ2v) is 4.07. The van der Waals surface area contributed by atoms with Crippen molar-refractivity contribution in [3.8, 4) is 0 Å². The van der Waals surface area contributed by atoms with Crippen molar-refractivity contribution in [2.24, 2.45) is 0 Å². The molecule has 1 rings (SSSR count). The van der Waals surface area contributed by atoms with E-state index in [2.05, 4.69) is 24.1 Å². The molecule has 0 aliphatic carbocycles. The van der Waals surface area contributed by atoms with Gasteiger partial charge in [-0.2, -0.15) is 0 Å². The molecule has 1 unspecified atom stereocenters. The van der Waals surface area contributed by atoms with Gasteiger partial charge in [0.1, 0.15) is 6.67 Å². The van der Waals surface area contributed by atoms with E-state index in [1.165, 1.54) is 12.8 Å². The van der Waals surface area contributed by atoms with Crippen LogP contribution in [0.2, 0.25) is 0 Å². The van der Waals surface area contributed by atoms with Gasteiger partial charge in [-0.25, -0.2) is 4.39 Å². The predicted molar refractivity (Wildman–Crippen MR) is 53.7 cm³/mol. The minimum atomic E-state index is -0.231. The van der Waals surface area contributed by atoms with Gasteiger partial charge in [0.25, 0.3) is 0 Å². The largest absolute Gasteiger partial charge is 0.313 e. The summed E-state index contributed by atoms with van der Waals surface area (Å²) < 4.78 is 12.2. The summed E-state index contributed by atoms with van der Waals surface area (Å²) >= 11 is 0. The van der Waals surface area contributed by atoms with Crippen molar-refractivity contribution < 1.29 is 4.39 Å². The lowest BCUT2D eigenvalue weighted by Crippen LogP contribution is -2.42. The van der Waals surface area contributed by atoms with Gasteiger partial charge in [-0.1, -0.05) is 0 Å².